The van der Waals surface area contributed by atoms with E-state index in [9.17, 15) is 0 Å². The quantitative estimate of drug-likeness (QED) is 0.158. The number of aromatic nitrogens is 2. The molecule has 38 heavy (non-hydrogen) atoms. The molecular weight excluding hydrogens is 460 g/mol. The molecule has 2 aromatic heterocycles. The number of pyridine rings is 2. The molecule has 6 aromatic rings. The van der Waals surface area contributed by atoms with Crippen LogP contribution in [0.25, 0.3) is 54.1 Å². The number of benzene rings is 4. The van der Waals surface area contributed by atoms with Gasteiger partial charge in [-0.1, -0.05) is 24.3 Å². The Labute approximate surface area is 220 Å². The smallest absolute Gasteiger partial charge is 0.0784 e. The summed E-state index contributed by atoms with van der Waals surface area (Å²) in [6.45, 7) is 0. The predicted molar refractivity (Wildman–Crippen MR) is 153 cm³/mol. The first-order chi connectivity index (χ1) is 18.8. The third-order valence-electron chi connectivity index (χ3n) is 12.9. The van der Waals surface area contributed by atoms with E-state index < -0.39 is 0 Å². The Morgan fingerprint density at radius 2 is 1.18 bits per heavy atom. The molecule has 8 aliphatic carbocycles. The lowest BCUT2D eigenvalue weighted by Crippen LogP contribution is -2.25. The fourth-order valence-corrected chi connectivity index (χ4v) is 11.6. The molecule has 182 valence electrons. The molecule has 0 amide bonds. The molecule has 0 N–H and O–H groups in total. The van der Waals surface area contributed by atoms with Crippen LogP contribution < -0.4 is 0 Å². The Morgan fingerprint density at radius 1 is 0.526 bits per heavy atom. The lowest BCUT2D eigenvalue weighted by molar-refractivity contribution is 0.333. The van der Waals surface area contributed by atoms with Crippen molar-refractivity contribution in [2.45, 2.75) is 62.2 Å². The van der Waals surface area contributed by atoms with Gasteiger partial charge in [0.05, 0.1) is 11.0 Å². The molecule has 8 unspecified atom stereocenters. The van der Waals surface area contributed by atoms with Gasteiger partial charge in [-0.15, -0.1) is 0 Å². The van der Waals surface area contributed by atoms with Gasteiger partial charge < -0.3 is 0 Å². The van der Waals surface area contributed by atoms with Gasteiger partial charge in [0.2, 0.25) is 0 Å². The number of rotatable bonds is 0. The van der Waals surface area contributed by atoms with Crippen LogP contribution in [0.2, 0.25) is 0 Å². The van der Waals surface area contributed by atoms with Crippen molar-refractivity contribution >= 4 is 54.1 Å². The van der Waals surface area contributed by atoms with Crippen LogP contribution in [0.5, 0.6) is 0 Å². The molecular formula is C36H28N2. The van der Waals surface area contributed by atoms with E-state index in [1.54, 1.807) is 16.7 Å². The zero-order chi connectivity index (χ0) is 24.0. The van der Waals surface area contributed by atoms with Crippen LogP contribution in [0.3, 0.4) is 0 Å². The van der Waals surface area contributed by atoms with Gasteiger partial charge in [0.1, 0.15) is 0 Å². The fourth-order valence-electron chi connectivity index (χ4n) is 11.6. The Kier molecular flexibility index (Phi) is 2.90. The van der Waals surface area contributed by atoms with E-state index in [1.807, 2.05) is 0 Å². The molecule has 2 nitrogen and oxygen atoms in total. The summed E-state index contributed by atoms with van der Waals surface area (Å²) < 4.78 is 0. The Morgan fingerprint density at radius 3 is 1.95 bits per heavy atom. The fraction of sp³-hybridized carbons (Fsp3) is 0.389. The SMILES string of the molecule is c1nc2c(cc3ccc4cc5cc6c(nc5c5ccc2c3c45)C2CC3CC2CC63)c2c1C1CC3CC1CC23. The predicted octanol–water partition coefficient (Wildman–Crippen LogP) is 8.90. The Balaban J connectivity index is 1.19. The minimum Gasteiger partial charge on any atom is -0.255 e. The average molecular weight is 489 g/mol. The van der Waals surface area contributed by atoms with Crippen LogP contribution in [0, 0.1) is 23.7 Å². The highest BCUT2D eigenvalue weighted by atomic mass is 14.8. The standard InChI is InChI=1S/C36H28N2/c1-2-16-8-29-33-26-11-17-6-19(26)9-25(17)30(33)14-37-35(29)23-4-3-22-31(32(16)23)15(1)5-21-13-28-24-10-20-7-18(24)12-27(20)36(28)38-34(21)22/h1-5,8,13-14,17-20,24-27H,6-7,9-12H2. The maximum Gasteiger partial charge on any atom is 0.0784 e. The van der Waals surface area contributed by atoms with Gasteiger partial charge in [-0.05, 0) is 136 Å². The summed E-state index contributed by atoms with van der Waals surface area (Å²) >= 11 is 0. The van der Waals surface area contributed by atoms with Gasteiger partial charge in [-0.3, -0.25) is 9.97 Å². The molecule has 8 atom stereocenters. The molecule has 14 rings (SSSR count). The molecule has 2 heteroatoms. The van der Waals surface area contributed by atoms with E-state index in [1.165, 1.54) is 98.3 Å². The zero-order valence-electron chi connectivity index (χ0n) is 21.4. The highest BCUT2D eigenvalue weighted by Gasteiger charge is 2.54. The largest absolute Gasteiger partial charge is 0.255 e. The average Bonchev–Trinajstić information content (AvgIpc) is 3.73. The first-order valence-electron chi connectivity index (χ1n) is 15.2. The van der Waals surface area contributed by atoms with Crippen molar-refractivity contribution in [3.8, 4) is 0 Å². The van der Waals surface area contributed by atoms with Crippen LogP contribution in [0.4, 0.5) is 0 Å². The zero-order valence-corrected chi connectivity index (χ0v) is 21.4. The normalized spacial score (nSPS) is 35.3. The van der Waals surface area contributed by atoms with Crippen molar-refractivity contribution in [2.75, 3.05) is 0 Å². The summed E-state index contributed by atoms with van der Waals surface area (Å²) in [6.07, 6.45) is 10.8. The molecule has 8 aliphatic rings. The highest BCUT2D eigenvalue weighted by Crippen LogP contribution is 2.66. The minimum absolute atomic E-state index is 0.712. The van der Waals surface area contributed by atoms with Gasteiger partial charge in [-0.25, -0.2) is 0 Å². The third-order valence-corrected chi connectivity index (χ3v) is 12.9. The second-order valence-corrected chi connectivity index (χ2v) is 14.1. The Bertz CT molecular complexity index is 2070. The topological polar surface area (TPSA) is 25.8 Å². The van der Waals surface area contributed by atoms with Crippen molar-refractivity contribution in [2.24, 2.45) is 23.7 Å². The molecule has 4 saturated carbocycles. The summed E-state index contributed by atoms with van der Waals surface area (Å²) in [6, 6.07) is 17.0. The van der Waals surface area contributed by atoms with Crippen molar-refractivity contribution in [1.82, 2.24) is 9.97 Å². The molecule has 4 fully saturated rings. The van der Waals surface area contributed by atoms with Crippen LogP contribution in [0.1, 0.15) is 84.6 Å². The molecule has 8 bridgehead atoms. The van der Waals surface area contributed by atoms with Crippen molar-refractivity contribution < 1.29 is 0 Å². The molecule has 0 aliphatic heterocycles. The van der Waals surface area contributed by atoms with Crippen LogP contribution in [0.15, 0.2) is 48.7 Å². The number of hydrogen-bond acceptors (Lipinski definition) is 2. The second-order valence-electron chi connectivity index (χ2n) is 14.1. The maximum absolute atomic E-state index is 5.52. The first-order valence-corrected chi connectivity index (χ1v) is 15.2. The van der Waals surface area contributed by atoms with Crippen molar-refractivity contribution in [3.63, 3.8) is 0 Å². The van der Waals surface area contributed by atoms with Gasteiger partial charge in [0, 0.05) is 39.4 Å². The van der Waals surface area contributed by atoms with E-state index in [0.717, 1.165) is 41.4 Å². The lowest BCUT2D eigenvalue weighted by Gasteiger charge is -2.38. The van der Waals surface area contributed by atoms with Crippen LogP contribution in [-0.2, 0) is 0 Å². The number of hydrogen-bond donors (Lipinski definition) is 0. The second kappa shape index (κ2) is 5.83. The third kappa shape index (κ3) is 1.90. The van der Waals surface area contributed by atoms with Crippen LogP contribution in [-0.4, -0.2) is 9.97 Å². The number of fused-ring (bicyclic) bond motifs is 4. The first kappa shape index (κ1) is 18.9. The van der Waals surface area contributed by atoms with Crippen molar-refractivity contribution in [3.05, 3.63) is 71.0 Å². The summed E-state index contributed by atoms with van der Waals surface area (Å²) in [5.74, 6) is 6.68. The summed E-state index contributed by atoms with van der Waals surface area (Å²) in [5, 5.41) is 11.0. The molecule has 0 spiro atoms. The van der Waals surface area contributed by atoms with Gasteiger partial charge in [0.25, 0.3) is 0 Å². The van der Waals surface area contributed by atoms with E-state index in [2.05, 4.69) is 48.7 Å². The summed E-state index contributed by atoms with van der Waals surface area (Å²) in [5.41, 5.74) is 8.76. The van der Waals surface area contributed by atoms with Gasteiger partial charge >= 0.3 is 0 Å². The highest BCUT2D eigenvalue weighted by molar-refractivity contribution is 6.32. The maximum atomic E-state index is 5.52. The van der Waals surface area contributed by atoms with Crippen molar-refractivity contribution in [1.29, 1.82) is 0 Å². The van der Waals surface area contributed by atoms with E-state index in [4.69, 9.17) is 9.97 Å². The number of nitrogens with zero attached hydrogens (tertiary/aromatic N) is 2. The minimum atomic E-state index is 0.712. The van der Waals surface area contributed by atoms with E-state index in [0.29, 0.717) is 5.92 Å². The van der Waals surface area contributed by atoms with E-state index >= 15 is 0 Å². The summed E-state index contributed by atoms with van der Waals surface area (Å²) in [7, 11) is 0. The lowest BCUT2D eigenvalue weighted by atomic mass is 9.66. The molecule has 4 aromatic carbocycles. The molecule has 0 saturated heterocycles. The summed E-state index contributed by atoms with van der Waals surface area (Å²) in [4.78, 5) is 10.7. The molecule has 0 radical (unpaired) electrons. The van der Waals surface area contributed by atoms with Crippen LogP contribution >= 0.6 is 0 Å². The van der Waals surface area contributed by atoms with Gasteiger partial charge in [0.15, 0.2) is 0 Å². The van der Waals surface area contributed by atoms with E-state index in [-0.39, 0.29) is 0 Å². The molecule has 2 heterocycles. The van der Waals surface area contributed by atoms with Gasteiger partial charge in [-0.2, -0.15) is 0 Å². The Hall–Kier alpha value is -3.26. The monoisotopic (exact) mass is 488 g/mol.